The van der Waals surface area contributed by atoms with E-state index < -0.39 is 0 Å². The molecule has 2 aromatic heterocycles. The Morgan fingerprint density at radius 3 is 2.68 bits per heavy atom. The smallest absolute Gasteiger partial charge is 0.230 e. The summed E-state index contributed by atoms with van der Waals surface area (Å²) in [6, 6.07) is 21.0. The number of amides is 1. The third kappa shape index (κ3) is 4.12. The molecule has 0 bridgehead atoms. The number of hydrogen-bond donors (Lipinski definition) is 1. The molecule has 34 heavy (non-hydrogen) atoms. The maximum atomic E-state index is 12.8. The predicted molar refractivity (Wildman–Crippen MR) is 139 cm³/mol. The topological polar surface area (TPSA) is 55.1 Å². The minimum absolute atomic E-state index is 0.0934. The van der Waals surface area contributed by atoms with Crippen LogP contribution < -0.4 is 5.32 Å². The summed E-state index contributed by atoms with van der Waals surface area (Å²) in [4.78, 5) is 17.5. The Bertz CT molecular complexity index is 1460. The van der Waals surface area contributed by atoms with E-state index in [2.05, 4.69) is 46.7 Å². The lowest BCUT2D eigenvalue weighted by Crippen LogP contribution is -2.14. The van der Waals surface area contributed by atoms with Crippen LogP contribution in [0.1, 0.15) is 49.1 Å². The minimum atomic E-state index is -0.0934. The van der Waals surface area contributed by atoms with Gasteiger partial charge in [0.05, 0.1) is 18.4 Å². The highest BCUT2D eigenvalue weighted by Gasteiger charge is 2.17. The molecule has 6 rings (SSSR count). The minimum Gasteiger partial charge on any atom is -0.464 e. The molecule has 170 valence electrons. The van der Waals surface area contributed by atoms with Crippen LogP contribution in [0.4, 0.5) is 5.13 Å². The summed E-state index contributed by atoms with van der Waals surface area (Å²) in [6.45, 7) is 0. The molecular weight excluding hydrogens is 440 g/mol. The van der Waals surface area contributed by atoms with E-state index in [0.29, 0.717) is 11.0 Å². The Kier molecular flexibility index (Phi) is 5.63. The predicted octanol–water partition coefficient (Wildman–Crippen LogP) is 7.94. The van der Waals surface area contributed by atoms with E-state index in [1.165, 1.54) is 49.0 Å². The summed E-state index contributed by atoms with van der Waals surface area (Å²) < 4.78 is 5.73. The number of rotatable bonds is 5. The number of nitrogens with zero attached hydrogens (tertiary/aromatic N) is 1. The van der Waals surface area contributed by atoms with Crippen molar-refractivity contribution in [2.24, 2.45) is 0 Å². The zero-order valence-corrected chi connectivity index (χ0v) is 19.7. The van der Waals surface area contributed by atoms with Gasteiger partial charge < -0.3 is 9.73 Å². The molecule has 1 amide bonds. The van der Waals surface area contributed by atoms with Crippen molar-refractivity contribution < 1.29 is 9.21 Å². The lowest BCUT2D eigenvalue weighted by Gasteiger charge is -2.22. The van der Waals surface area contributed by atoms with Crippen LogP contribution in [0.5, 0.6) is 0 Å². The average Bonchev–Trinajstić information content (AvgIpc) is 3.52. The van der Waals surface area contributed by atoms with Gasteiger partial charge in [-0.15, -0.1) is 11.3 Å². The molecule has 0 atom stereocenters. The number of fused-ring (bicyclic) bond motifs is 3. The summed E-state index contributed by atoms with van der Waals surface area (Å²) >= 11 is 1.46. The summed E-state index contributed by atoms with van der Waals surface area (Å²) in [6.07, 6.45) is 8.58. The molecule has 1 aliphatic rings. The molecule has 5 aromatic rings. The summed E-state index contributed by atoms with van der Waals surface area (Å²) in [5.41, 5.74) is 5.11. The monoisotopic (exact) mass is 466 g/mol. The van der Waals surface area contributed by atoms with E-state index in [-0.39, 0.29) is 12.3 Å². The summed E-state index contributed by atoms with van der Waals surface area (Å²) in [5.74, 6) is 0.605. The number of hydrogen-bond acceptors (Lipinski definition) is 4. The van der Waals surface area contributed by atoms with Crippen LogP contribution in [0.2, 0.25) is 0 Å². The van der Waals surface area contributed by atoms with E-state index in [1.54, 1.807) is 6.26 Å². The maximum Gasteiger partial charge on any atom is 0.230 e. The van der Waals surface area contributed by atoms with Crippen molar-refractivity contribution in [1.29, 1.82) is 0 Å². The Hall–Kier alpha value is -3.44. The number of furan rings is 1. The molecule has 4 nitrogen and oxygen atoms in total. The van der Waals surface area contributed by atoms with Crippen LogP contribution in [0.3, 0.4) is 0 Å². The van der Waals surface area contributed by atoms with Crippen molar-refractivity contribution in [2.45, 2.75) is 44.4 Å². The van der Waals surface area contributed by atoms with Crippen LogP contribution >= 0.6 is 11.3 Å². The molecule has 0 unspecified atom stereocenters. The molecule has 5 heteroatoms. The fourth-order valence-corrected chi connectivity index (χ4v) is 5.90. The first-order chi connectivity index (χ1) is 16.7. The molecule has 1 saturated carbocycles. The number of nitrogens with one attached hydrogen (secondary N) is 1. The van der Waals surface area contributed by atoms with E-state index in [0.717, 1.165) is 38.6 Å². The first-order valence-electron chi connectivity index (χ1n) is 12.0. The van der Waals surface area contributed by atoms with Crippen molar-refractivity contribution in [1.82, 2.24) is 4.98 Å². The molecule has 1 aliphatic carbocycles. The van der Waals surface area contributed by atoms with Gasteiger partial charge >= 0.3 is 0 Å². The second-order valence-corrected chi connectivity index (χ2v) is 10.00. The molecule has 0 saturated heterocycles. The lowest BCUT2D eigenvalue weighted by atomic mass is 9.84. The fraction of sp³-hybridized carbons (Fsp3) is 0.241. The molecule has 0 radical (unpaired) electrons. The van der Waals surface area contributed by atoms with E-state index in [1.807, 2.05) is 29.6 Å². The normalized spacial score (nSPS) is 14.6. The Morgan fingerprint density at radius 2 is 1.82 bits per heavy atom. The molecule has 1 N–H and O–H groups in total. The second-order valence-electron chi connectivity index (χ2n) is 9.14. The van der Waals surface area contributed by atoms with Gasteiger partial charge in [-0.05, 0) is 41.2 Å². The van der Waals surface area contributed by atoms with Crippen molar-refractivity contribution in [3.05, 3.63) is 83.4 Å². The summed E-state index contributed by atoms with van der Waals surface area (Å²) in [7, 11) is 0. The second kappa shape index (κ2) is 9.07. The molecule has 1 fully saturated rings. The van der Waals surface area contributed by atoms with Gasteiger partial charge in [0.25, 0.3) is 0 Å². The largest absolute Gasteiger partial charge is 0.464 e. The van der Waals surface area contributed by atoms with Crippen LogP contribution in [0.15, 0.2) is 76.7 Å². The molecule has 0 spiro atoms. The van der Waals surface area contributed by atoms with Gasteiger partial charge in [0.1, 0.15) is 5.58 Å². The van der Waals surface area contributed by atoms with Crippen LogP contribution in [0, 0.1) is 0 Å². The van der Waals surface area contributed by atoms with Gasteiger partial charge in [0, 0.05) is 21.9 Å². The Morgan fingerprint density at radius 1 is 1.00 bits per heavy atom. The van der Waals surface area contributed by atoms with Gasteiger partial charge in [-0.3, -0.25) is 4.79 Å². The Balaban J connectivity index is 1.16. The van der Waals surface area contributed by atoms with E-state index in [9.17, 15) is 4.79 Å². The number of carbonyl (C=O) groups excluding carboxylic acids is 1. The first-order valence-corrected chi connectivity index (χ1v) is 12.9. The highest BCUT2D eigenvalue weighted by atomic mass is 32.1. The fourth-order valence-electron chi connectivity index (χ4n) is 5.17. The molecule has 2 heterocycles. The molecule has 0 aliphatic heterocycles. The molecule has 3 aromatic carbocycles. The SMILES string of the molecule is O=C(Cc1coc2ccc3ccccc3c12)Nc1nc(-c2ccc(C3CCCCC3)cc2)cs1. The lowest BCUT2D eigenvalue weighted by molar-refractivity contribution is -0.115. The van der Waals surface area contributed by atoms with Crippen molar-refractivity contribution in [3.8, 4) is 11.3 Å². The number of thiazole rings is 1. The van der Waals surface area contributed by atoms with Crippen LogP contribution in [-0.4, -0.2) is 10.9 Å². The van der Waals surface area contributed by atoms with Crippen LogP contribution in [-0.2, 0) is 11.2 Å². The third-order valence-corrected chi connectivity index (χ3v) is 7.68. The number of aromatic nitrogens is 1. The van der Waals surface area contributed by atoms with E-state index in [4.69, 9.17) is 4.42 Å². The highest BCUT2D eigenvalue weighted by molar-refractivity contribution is 7.14. The van der Waals surface area contributed by atoms with Crippen molar-refractivity contribution in [3.63, 3.8) is 0 Å². The number of anilines is 1. The van der Waals surface area contributed by atoms with E-state index >= 15 is 0 Å². The van der Waals surface area contributed by atoms with Gasteiger partial charge in [-0.25, -0.2) is 4.98 Å². The van der Waals surface area contributed by atoms with Gasteiger partial charge in [0.15, 0.2) is 5.13 Å². The Labute approximate surface area is 202 Å². The summed E-state index contributed by atoms with van der Waals surface area (Å²) in [5, 5.41) is 8.84. The average molecular weight is 467 g/mol. The quantitative estimate of drug-likeness (QED) is 0.286. The van der Waals surface area contributed by atoms with Gasteiger partial charge in [0.2, 0.25) is 5.91 Å². The van der Waals surface area contributed by atoms with Gasteiger partial charge in [-0.2, -0.15) is 0 Å². The standard InChI is InChI=1S/C29H26N2O2S/c32-27(16-23-17-33-26-15-14-21-8-4-5-9-24(21)28(23)26)31-29-30-25(18-34-29)22-12-10-20(11-13-22)19-6-2-1-3-7-19/h4-5,8-15,17-19H,1-3,6-7,16H2,(H,30,31,32). The maximum absolute atomic E-state index is 12.8. The molecular formula is C29H26N2O2S. The van der Waals surface area contributed by atoms with Crippen LogP contribution in [0.25, 0.3) is 33.0 Å². The number of benzene rings is 3. The highest BCUT2D eigenvalue weighted by Crippen LogP contribution is 2.34. The van der Waals surface area contributed by atoms with Crippen molar-refractivity contribution >= 4 is 44.1 Å². The van der Waals surface area contributed by atoms with Gasteiger partial charge in [-0.1, -0.05) is 73.9 Å². The zero-order valence-electron chi connectivity index (χ0n) is 18.9. The first kappa shape index (κ1) is 21.1. The number of carbonyl (C=O) groups is 1. The van der Waals surface area contributed by atoms with Crippen molar-refractivity contribution in [2.75, 3.05) is 5.32 Å². The zero-order chi connectivity index (χ0) is 22.9. The third-order valence-electron chi connectivity index (χ3n) is 6.92.